The van der Waals surface area contributed by atoms with E-state index in [2.05, 4.69) is 0 Å². The predicted molar refractivity (Wildman–Crippen MR) is 70.5 cm³/mol. The second-order valence-electron chi connectivity index (χ2n) is 4.21. The number of benzene rings is 1. The van der Waals surface area contributed by atoms with Crippen molar-refractivity contribution in [3.05, 3.63) is 29.6 Å². The van der Waals surface area contributed by atoms with Crippen molar-refractivity contribution >= 4 is 5.91 Å². The van der Waals surface area contributed by atoms with Crippen LogP contribution in [0.1, 0.15) is 32.4 Å². The SMILES string of the molecule is CCN(CC)C(=O)COc1cc(F)ccc1[C@@H](C)O. The fourth-order valence-electron chi connectivity index (χ4n) is 1.79. The minimum Gasteiger partial charge on any atom is -0.483 e. The molecule has 1 atom stereocenters. The normalized spacial score (nSPS) is 12.1. The maximum atomic E-state index is 13.2. The van der Waals surface area contributed by atoms with Gasteiger partial charge in [0.05, 0.1) is 6.10 Å². The maximum Gasteiger partial charge on any atom is 0.260 e. The van der Waals surface area contributed by atoms with E-state index >= 15 is 0 Å². The Kier molecular flexibility index (Phi) is 5.76. The number of amides is 1. The van der Waals surface area contributed by atoms with Gasteiger partial charge in [-0.3, -0.25) is 4.79 Å². The lowest BCUT2D eigenvalue weighted by molar-refractivity contribution is -0.133. The number of hydrogen-bond acceptors (Lipinski definition) is 3. The highest BCUT2D eigenvalue weighted by Gasteiger charge is 2.14. The molecule has 0 saturated heterocycles. The fraction of sp³-hybridized carbons (Fsp3) is 0.500. The second-order valence-corrected chi connectivity index (χ2v) is 4.21. The standard InChI is InChI=1S/C14H20FNO3/c1-4-16(5-2)14(18)9-19-13-8-11(15)6-7-12(13)10(3)17/h6-8,10,17H,4-5,9H2,1-3H3/t10-/m1/s1. The van der Waals surface area contributed by atoms with Crippen LogP contribution >= 0.6 is 0 Å². The third-order valence-electron chi connectivity index (χ3n) is 2.89. The first-order valence-corrected chi connectivity index (χ1v) is 6.37. The molecule has 19 heavy (non-hydrogen) atoms. The molecule has 5 heteroatoms. The minimum absolute atomic E-state index is 0.161. The molecule has 0 saturated carbocycles. The van der Waals surface area contributed by atoms with Gasteiger partial charge in [0.2, 0.25) is 0 Å². The Balaban J connectivity index is 2.77. The van der Waals surface area contributed by atoms with Gasteiger partial charge in [-0.25, -0.2) is 4.39 Å². The van der Waals surface area contributed by atoms with Crippen LogP contribution in [0.4, 0.5) is 4.39 Å². The van der Waals surface area contributed by atoms with Gasteiger partial charge < -0.3 is 14.7 Å². The highest BCUT2D eigenvalue weighted by molar-refractivity contribution is 5.77. The van der Waals surface area contributed by atoms with Gasteiger partial charge >= 0.3 is 0 Å². The minimum atomic E-state index is -0.779. The number of halogens is 1. The number of carbonyl (C=O) groups is 1. The van der Waals surface area contributed by atoms with Crippen LogP contribution < -0.4 is 4.74 Å². The number of nitrogens with zero attached hydrogens (tertiary/aromatic N) is 1. The van der Waals surface area contributed by atoms with Gasteiger partial charge in [0.25, 0.3) is 5.91 Å². The van der Waals surface area contributed by atoms with E-state index in [1.54, 1.807) is 11.8 Å². The summed E-state index contributed by atoms with van der Waals surface area (Å²) >= 11 is 0. The van der Waals surface area contributed by atoms with Crippen LogP contribution in [0.2, 0.25) is 0 Å². The molecule has 4 nitrogen and oxygen atoms in total. The Bertz CT molecular complexity index is 431. The number of carbonyl (C=O) groups excluding carboxylic acids is 1. The molecule has 0 spiro atoms. The molecule has 1 N–H and O–H groups in total. The molecular weight excluding hydrogens is 249 g/mol. The van der Waals surface area contributed by atoms with Gasteiger partial charge in [-0.15, -0.1) is 0 Å². The first-order chi connectivity index (χ1) is 8.99. The van der Waals surface area contributed by atoms with E-state index in [4.69, 9.17) is 4.74 Å². The summed E-state index contributed by atoms with van der Waals surface area (Å²) < 4.78 is 18.5. The van der Waals surface area contributed by atoms with E-state index in [1.165, 1.54) is 18.2 Å². The zero-order valence-electron chi connectivity index (χ0n) is 11.5. The van der Waals surface area contributed by atoms with E-state index < -0.39 is 11.9 Å². The van der Waals surface area contributed by atoms with Crippen molar-refractivity contribution in [1.29, 1.82) is 0 Å². The summed E-state index contributed by atoms with van der Waals surface area (Å²) in [5.41, 5.74) is 0.466. The highest BCUT2D eigenvalue weighted by Crippen LogP contribution is 2.25. The van der Waals surface area contributed by atoms with Crippen molar-refractivity contribution in [3.8, 4) is 5.75 Å². The van der Waals surface area contributed by atoms with Crippen LogP contribution in [0.25, 0.3) is 0 Å². The van der Waals surface area contributed by atoms with Crippen molar-refractivity contribution in [2.75, 3.05) is 19.7 Å². The summed E-state index contributed by atoms with van der Waals surface area (Å²) in [4.78, 5) is 13.4. The van der Waals surface area contributed by atoms with Crippen LogP contribution in [0.5, 0.6) is 5.75 Å². The molecule has 0 radical (unpaired) electrons. The summed E-state index contributed by atoms with van der Waals surface area (Å²) in [5, 5.41) is 9.56. The second kappa shape index (κ2) is 7.09. The van der Waals surface area contributed by atoms with Crippen molar-refractivity contribution < 1.29 is 19.0 Å². The molecule has 106 valence electrons. The summed E-state index contributed by atoms with van der Waals surface area (Å²) in [6.45, 7) is 6.36. The van der Waals surface area contributed by atoms with Crippen molar-refractivity contribution in [2.45, 2.75) is 26.9 Å². The molecule has 0 fully saturated rings. The lowest BCUT2D eigenvalue weighted by Gasteiger charge is -2.19. The number of aliphatic hydroxyl groups excluding tert-OH is 1. The Morgan fingerprint density at radius 2 is 2.05 bits per heavy atom. The van der Waals surface area contributed by atoms with Crippen molar-refractivity contribution in [1.82, 2.24) is 4.90 Å². The summed E-state index contributed by atoms with van der Waals surface area (Å²) in [5.74, 6) is -0.420. The third kappa shape index (κ3) is 4.21. The van der Waals surface area contributed by atoms with Crippen LogP contribution in [0, 0.1) is 5.82 Å². The number of aliphatic hydroxyl groups is 1. The summed E-state index contributed by atoms with van der Waals surface area (Å²) in [6, 6.07) is 3.88. The highest BCUT2D eigenvalue weighted by atomic mass is 19.1. The maximum absolute atomic E-state index is 13.2. The third-order valence-corrected chi connectivity index (χ3v) is 2.89. The average molecular weight is 269 g/mol. The molecule has 0 aliphatic rings. The Hall–Kier alpha value is -1.62. The van der Waals surface area contributed by atoms with Gasteiger partial charge in [-0.05, 0) is 32.9 Å². The first-order valence-electron chi connectivity index (χ1n) is 6.37. The van der Waals surface area contributed by atoms with Crippen molar-refractivity contribution in [3.63, 3.8) is 0 Å². The van der Waals surface area contributed by atoms with Crippen LogP contribution in [0.3, 0.4) is 0 Å². The smallest absolute Gasteiger partial charge is 0.260 e. The van der Waals surface area contributed by atoms with Gasteiger partial charge in [0, 0.05) is 24.7 Å². The van der Waals surface area contributed by atoms with E-state index in [9.17, 15) is 14.3 Å². The molecule has 0 unspecified atom stereocenters. The van der Waals surface area contributed by atoms with E-state index in [-0.39, 0.29) is 18.3 Å². The topological polar surface area (TPSA) is 49.8 Å². The van der Waals surface area contributed by atoms with E-state index in [1.807, 2.05) is 13.8 Å². The molecule has 0 aliphatic heterocycles. The number of hydrogen-bond donors (Lipinski definition) is 1. The van der Waals surface area contributed by atoms with E-state index in [0.29, 0.717) is 18.7 Å². The average Bonchev–Trinajstić information content (AvgIpc) is 2.37. The lowest BCUT2D eigenvalue weighted by Crippen LogP contribution is -2.34. The number of ether oxygens (including phenoxy) is 1. The Morgan fingerprint density at radius 3 is 2.58 bits per heavy atom. The van der Waals surface area contributed by atoms with Crippen LogP contribution in [0.15, 0.2) is 18.2 Å². The molecule has 0 aromatic heterocycles. The summed E-state index contributed by atoms with van der Waals surface area (Å²) in [7, 11) is 0. The Labute approximate surface area is 112 Å². The largest absolute Gasteiger partial charge is 0.483 e. The number of rotatable bonds is 6. The lowest BCUT2D eigenvalue weighted by atomic mass is 10.1. The van der Waals surface area contributed by atoms with Gasteiger partial charge in [0.1, 0.15) is 11.6 Å². The molecule has 1 amide bonds. The van der Waals surface area contributed by atoms with Gasteiger partial charge in [-0.2, -0.15) is 0 Å². The number of likely N-dealkylation sites (N-methyl/N-ethyl adjacent to an activating group) is 1. The molecule has 1 aromatic rings. The van der Waals surface area contributed by atoms with Gasteiger partial charge in [-0.1, -0.05) is 0 Å². The zero-order chi connectivity index (χ0) is 14.4. The molecule has 0 heterocycles. The Morgan fingerprint density at radius 1 is 1.42 bits per heavy atom. The fourth-order valence-corrected chi connectivity index (χ4v) is 1.79. The molecule has 0 aliphatic carbocycles. The first kappa shape index (κ1) is 15.4. The molecular formula is C14H20FNO3. The summed E-state index contributed by atoms with van der Waals surface area (Å²) in [6.07, 6.45) is -0.779. The quantitative estimate of drug-likeness (QED) is 0.860. The molecule has 1 aromatic carbocycles. The van der Waals surface area contributed by atoms with Crippen molar-refractivity contribution in [2.24, 2.45) is 0 Å². The monoisotopic (exact) mass is 269 g/mol. The van der Waals surface area contributed by atoms with Gasteiger partial charge in [0.15, 0.2) is 6.61 Å². The molecule has 0 bridgehead atoms. The van der Waals surface area contributed by atoms with E-state index in [0.717, 1.165) is 0 Å². The van der Waals surface area contributed by atoms with Crippen LogP contribution in [-0.4, -0.2) is 35.6 Å². The van der Waals surface area contributed by atoms with Crippen LogP contribution in [-0.2, 0) is 4.79 Å². The predicted octanol–water partition coefficient (Wildman–Crippen LogP) is 2.13. The molecule has 1 rings (SSSR count). The zero-order valence-corrected chi connectivity index (χ0v) is 11.5.